The van der Waals surface area contributed by atoms with Gasteiger partial charge in [0.05, 0.1) is 6.61 Å². The molecule has 166 valence electrons. The lowest BCUT2D eigenvalue weighted by atomic mass is 9.63. The second kappa shape index (κ2) is 9.75. The van der Waals surface area contributed by atoms with Gasteiger partial charge in [-0.1, -0.05) is 55.3 Å². The molecule has 1 saturated heterocycles. The van der Waals surface area contributed by atoms with Crippen LogP contribution in [0.5, 0.6) is 5.75 Å². The number of ether oxygens (including phenoxy) is 1. The summed E-state index contributed by atoms with van der Waals surface area (Å²) < 4.78 is 5.90. The summed E-state index contributed by atoms with van der Waals surface area (Å²) in [7, 11) is 0. The molecule has 1 saturated carbocycles. The van der Waals surface area contributed by atoms with Gasteiger partial charge in [-0.15, -0.1) is 0 Å². The van der Waals surface area contributed by atoms with Crippen LogP contribution in [0.2, 0.25) is 0 Å². The molecule has 3 nitrogen and oxygen atoms in total. The normalized spacial score (nSPS) is 25.4. The molecule has 3 aliphatic rings. The molecule has 1 aliphatic carbocycles. The third-order valence-electron chi connectivity index (χ3n) is 8.14. The van der Waals surface area contributed by atoms with Gasteiger partial charge in [-0.3, -0.25) is 0 Å². The highest BCUT2D eigenvalue weighted by molar-refractivity contribution is 5.38. The smallest absolute Gasteiger partial charge is 0.119 e. The second-order valence-electron chi connectivity index (χ2n) is 9.82. The minimum absolute atomic E-state index is 0.216. The number of rotatable bonds is 7. The van der Waals surface area contributed by atoms with Crippen molar-refractivity contribution >= 4 is 0 Å². The van der Waals surface area contributed by atoms with E-state index in [1.807, 2.05) is 30.3 Å². The lowest BCUT2D eigenvalue weighted by Crippen LogP contribution is -2.58. The lowest BCUT2D eigenvalue weighted by molar-refractivity contribution is 0.0543. The first-order valence-electron chi connectivity index (χ1n) is 12.6. The van der Waals surface area contributed by atoms with Gasteiger partial charge in [0, 0.05) is 18.6 Å². The van der Waals surface area contributed by atoms with Crippen LogP contribution in [-0.2, 0) is 12.0 Å². The molecule has 0 bridgehead atoms. The maximum absolute atomic E-state index is 5.90. The van der Waals surface area contributed by atoms with Crippen molar-refractivity contribution in [2.75, 3.05) is 32.8 Å². The molecule has 2 fully saturated rings. The topological polar surface area (TPSA) is 24.5 Å². The maximum atomic E-state index is 5.90. The Kier molecular flexibility index (Phi) is 6.61. The van der Waals surface area contributed by atoms with Crippen LogP contribution >= 0.6 is 0 Å². The van der Waals surface area contributed by atoms with E-state index in [1.165, 1.54) is 58.0 Å². The van der Waals surface area contributed by atoms with Crippen molar-refractivity contribution < 1.29 is 4.74 Å². The molecule has 1 unspecified atom stereocenters. The summed E-state index contributed by atoms with van der Waals surface area (Å²) in [5, 5.41) is 4.15. The van der Waals surface area contributed by atoms with Crippen molar-refractivity contribution in [3.8, 4) is 5.75 Å². The Morgan fingerprint density at radius 1 is 0.871 bits per heavy atom. The maximum Gasteiger partial charge on any atom is 0.119 e. The summed E-state index contributed by atoms with van der Waals surface area (Å²) in [6, 6.07) is 19.6. The molecular weight excluding hydrogens is 380 g/mol. The van der Waals surface area contributed by atoms with Crippen LogP contribution in [0.3, 0.4) is 0 Å². The highest BCUT2D eigenvalue weighted by atomic mass is 16.5. The standard InChI is InChI=1S/C28H38N2O/c1-2-12-26(13-3-1)31-22-8-19-30-20-16-25(17-21-30)28(24-10-5-6-11-24)27-14-7-4-9-23(27)15-18-29-28/h1-4,7,9,12-14,24-25,29H,5-6,8,10-11,15-22H2. The highest BCUT2D eigenvalue weighted by Crippen LogP contribution is 2.50. The number of para-hydroxylation sites is 1. The van der Waals surface area contributed by atoms with Crippen molar-refractivity contribution in [2.45, 2.75) is 56.9 Å². The third kappa shape index (κ3) is 4.40. The van der Waals surface area contributed by atoms with Gasteiger partial charge in [-0.25, -0.2) is 0 Å². The largest absolute Gasteiger partial charge is 0.494 e. The molecule has 31 heavy (non-hydrogen) atoms. The number of fused-ring (bicyclic) bond motifs is 1. The lowest BCUT2D eigenvalue weighted by Gasteiger charge is -2.52. The molecule has 0 aromatic heterocycles. The Hall–Kier alpha value is -1.84. The molecule has 2 aromatic carbocycles. The molecule has 2 aromatic rings. The fourth-order valence-electron chi connectivity index (χ4n) is 6.69. The molecular formula is C28H38N2O. The number of hydrogen-bond acceptors (Lipinski definition) is 3. The van der Waals surface area contributed by atoms with E-state index < -0.39 is 0 Å². The van der Waals surface area contributed by atoms with Gasteiger partial charge in [0.25, 0.3) is 0 Å². The van der Waals surface area contributed by atoms with Gasteiger partial charge < -0.3 is 15.0 Å². The fraction of sp³-hybridized carbons (Fsp3) is 0.571. The predicted molar refractivity (Wildman–Crippen MR) is 128 cm³/mol. The first-order chi connectivity index (χ1) is 15.4. The van der Waals surface area contributed by atoms with Gasteiger partial charge in [0.15, 0.2) is 0 Å². The van der Waals surface area contributed by atoms with Crippen LogP contribution in [0.4, 0.5) is 0 Å². The van der Waals surface area contributed by atoms with Crippen LogP contribution in [0.25, 0.3) is 0 Å². The average molecular weight is 419 g/mol. The quantitative estimate of drug-likeness (QED) is 0.610. The molecule has 1 atom stereocenters. The zero-order valence-corrected chi connectivity index (χ0v) is 18.9. The van der Waals surface area contributed by atoms with Gasteiger partial charge in [0.2, 0.25) is 0 Å². The fourth-order valence-corrected chi connectivity index (χ4v) is 6.69. The average Bonchev–Trinajstić information content (AvgIpc) is 3.38. The summed E-state index contributed by atoms with van der Waals surface area (Å²) in [5.41, 5.74) is 3.46. The van der Waals surface area contributed by atoms with Crippen LogP contribution in [0.1, 0.15) is 56.1 Å². The van der Waals surface area contributed by atoms with Crippen molar-refractivity contribution in [2.24, 2.45) is 11.8 Å². The minimum Gasteiger partial charge on any atom is -0.494 e. The van der Waals surface area contributed by atoms with Gasteiger partial charge >= 0.3 is 0 Å². The van der Waals surface area contributed by atoms with Crippen LogP contribution < -0.4 is 10.1 Å². The van der Waals surface area contributed by atoms with E-state index in [-0.39, 0.29) is 5.54 Å². The first-order valence-corrected chi connectivity index (χ1v) is 12.6. The first kappa shape index (κ1) is 21.0. The number of piperidine rings is 1. The van der Waals surface area contributed by atoms with Gasteiger partial charge in [-0.2, -0.15) is 0 Å². The van der Waals surface area contributed by atoms with Crippen LogP contribution in [0, 0.1) is 11.8 Å². The molecule has 0 radical (unpaired) electrons. The summed E-state index contributed by atoms with van der Waals surface area (Å²) in [6.45, 7) is 5.57. The van der Waals surface area contributed by atoms with E-state index in [9.17, 15) is 0 Å². The Morgan fingerprint density at radius 2 is 1.58 bits per heavy atom. The van der Waals surface area contributed by atoms with Crippen molar-refractivity contribution in [1.29, 1.82) is 0 Å². The van der Waals surface area contributed by atoms with Crippen molar-refractivity contribution in [1.82, 2.24) is 10.2 Å². The predicted octanol–water partition coefficient (Wildman–Crippen LogP) is 5.40. The second-order valence-corrected chi connectivity index (χ2v) is 9.82. The van der Waals surface area contributed by atoms with E-state index in [1.54, 1.807) is 11.1 Å². The van der Waals surface area contributed by atoms with Crippen molar-refractivity contribution in [3.05, 3.63) is 65.7 Å². The highest BCUT2D eigenvalue weighted by Gasteiger charge is 2.49. The summed E-state index contributed by atoms with van der Waals surface area (Å²) in [4.78, 5) is 2.67. The number of nitrogens with zero attached hydrogens (tertiary/aromatic N) is 1. The van der Waals surface area contributed by atoms with E-state index in [4.69, 9.17) is 4.74 Å². The Labute approximate surface area is 188 Å². The monoisotopic (exact) mass is 418 g/mol. The van der Waals surface area contributed by atoms with E-state index in [0.29, 0.717) is 0 Å². The number of likely N-dealkylation sites (tertiary alicyclic amines) is 1. The summed E-state index contributed by atoms with van der Waals surface area (Å²) in [6.07, 6.45) is 10.6. The zero-order valence-electron chi connectivity index (χ0n) is 18.9. The molecule has 5 rings (SSSR count). The van der Waals surface area contributed by atoms with Crippen LogP contribution in [0.15, 0.2) is 54.6 Å². The molecule has 1 N–H and O–H groups in total. The number of hydrogen-bond donors (Lipinski definition) is 1. The Balaban J connectivity index is 1.21. The van der Waals surface area contributed by atoms with E-state index >= 15 is 0 Å². The third-order valence-corrected chi connectivity index (χ3v) is 8.14. The van der Waals surface area contributed by atoms with Gasteiger partial charge in [-0.05, 0) is 86.7 Å². The van der Waals surface area contributed by atoms with E-state index in [2.05, 4.69) is 34.5 Å². The minimum atomic E-state index is 0.216. The number of benzene rings is 2. The SMILES string of the molecule is c1ccc(OCCCN2CCC(C3(C4CCCC4)NCCc4ccccc43)CC2)cc1. The van der Waals surface area contributed by atoms with Crippen LogP contribution in [-0.4, -0.2) is 37.7 Å². The van der Waals surface area contributed by atoms with Gasteiger partial charge in [0.1, 0.15) is 5.75 Å². The Bertz CT molecular complexity index is 824. The Morgan fingerprint density at radius 3 is 2.39 bits per heavy atom. The molecule has 0 spiro atoms. The molecule has 3 heteroatoms. The summed E-state index contributed by atoms with van der Waals surface area (Å²) >= 11 is 0. The summed E-state index contributed by atoms with van der Waals surface area (Å²) in [5.74, 6) is 2.56. The van der Waals surface area contributed by atoms with E-state index in [0.717, 1.165) is 43.7 Å². The van der Waals surface area contributed by atoms with Crippen molar-refractivity contribution in [3.63, 3.8) is 0 Å². The molecule has 2 aliphatic heterocycles. The zero-order chi connectivity index (χ0) is 20.9. The number of nitrogens with one attached hydrogen (secondary N) is 1. The molecule has 0 amide bonds. The molecule has 2 heterocycles.